The first-order chi connectivity index (χ1) is 17.0. The summed E-state index contributed by atoms with van der Waals surface area (Å²) in [5.41, 5.74) is 3.16. The molecular formula is C27H29FN4O3. The van der Waals surface area contributed by atoms with E-state index in [1.165, 1.54) is 6.07 Å². The van der Waals surface area contributed by atoms with Crippen molar-refractivity contribution >= 4 is 28.8 Å². The molecule has 1 N–H and O–H groups in total. The van der Waals surface area contributed by atoms with Gasteiger partial charge in [0.05, 0.1) is 29.6 Å². The van der Waals surface area contributed by atoms with E-state index in [1.807, 2.05) is 47.2 Å². The standard InChI is InChI=1S/C27H29FN4O3/c1-18-8-11-25(29-16-18)32-13-14-35-26-21(6-3-7-24(26)32)27(33)30-19-9-10-23(22(28)15-19)31-12-4-5-20(17-31)34-2/h3,6-11,15-16,20H,4-5,12-14,17H2,1-2H3,(H,30,33). The topological polar surface area (TPSA) is 66.9 Å². The van der Waals surface area contributed by atoms with E-state index in [9.17, 15) is 9.18 Å². The van der Waals surface area contributed by atoms with Crippen LogP contribution in [0, 0.1) is 12.7 Å². The van der Waals surface area contributed by atoms with Gasteiger partial charge in [0, 0.05) is 32.1 Å². The van der Waals surface area contributed by atoms with Crippen LogP contribution in [0.15, 0.2) is 54.7 Å². The lowest BCUT2D eigenvalue weighted by molar-refractivity contribution is 0.0892. The summed E-state index contributed by atoms with van der Waals surface area (Å²) in [6, 6.07) is 14.2. The zero-order valence-electron chi connectivity index (χ0n) is 20.0. The van der Waals surface area contributed by atoms with Crippen LogP contribution in [-0.2, 0) is 4.74 Å². The Morgan fingerprint density at radius 1 is 1.17 bits per heavy atom. The molecule has 35 heavy (non-hydrogen) atoms. The number of anilines is 4. The van der Waals surface area contributed by atoms with Crippen molar-refractivity contribution in [1.82, 2.24) is 4.98 Å². The van der Waals surface area contributed by atoms with Gasteiger partial charge < -0.3 is 24.6 Å². The Labute approximate surface area is 204 Å². The van der Waals surface area contributed by atoms with E-state index >= 15 is 0 Å². The molecule has 1 saturated heterocycles. The van der Waals surface area contributed by atoms with Gasteiger partial charge >= 0.3 is 0 Å². The Bertz CT molecular complexity index is 1220. The van der Waals surface area contributed by atoms with Crippen LogP contribution in [0.4, 0.5) is 27.3 Å². The fourth-order valence-electron chi connectivity index (χ4n) is 4.67. The Hall–Kier alpha value is -3.65. The first-order valence-corrected chi connectivity index (χ1v) is 11.9. The molecule has 3 aromatic rings. The zero-order chi connectivity index (χ0) is 24.4. The number of ether oxygens (including phenoxy) is 2. The van der Waals surface area contributed by atoms with Crippen LogP contribution in [-0.4, -0.2) is 50.3 Å². The monoisotopic (exact) mass is 476 g/mol. The molecule has 1 aromatic heterocycles. The average Bonchev–Trinajstić information content (AvgIpc) is 2.88. The number of para-hydroxylation sites is 1. The maximum absolute atomic E-state index is 15.0. The molecule has 1 amide bonds. The number of hydrogen-bond donors (Lipinski definition) is 1. The lowest BCUT2D eigenvalue weighted by Crippen LogP contribution is -2.39. The van der Waals surface area contributed by atoms with Crippen molar-refractivity contribution in [2.24, 2.45) is 0 Å². The molecule has 1 fully saturated rings. The Morgan fingerprint density at radius 3 is 2.83 bits per heavy atom. The third-order valence-corrected chi connectivity index (χ3v) is 6.52. The van der Waals surface area contributed by atoms with Crippen LogP contribution in [0.5, 0.6) is 5.75 Å². The molecule has 1 unspecified atom stereocenters. The first kappa shape index (κ1) is 23.1. The molecule has 0 bridgehead atoms. The minimum Gasteiger partial charge on any atom is -0.489 e. The number of nitrogens with zero attached hydrogens (tertiary/aromatic N) is 3. The molecule has 0 spiro atoms. The molecule has 2 aromatic carbocycles. The second kappa shape index (κ2) is 9.92. The van der Waals surface area contributed by atoms with Crippen molar-refractivity contribution in [2.45, 2.75) is 25.9 Å². The van der Waals surface area contributed by atoms with E-state index in [-0.39, 0.29) is 17.8 Å². The second-order valence-electron chi connectivity index (χ2n) is 8.91. The number of fused-ring (bicyclic) bond motifs is 1. The molecule has 182 valence electrons. The Morgan fingerprint density at radius 2 is 2.06 bits per heavy atom. The summed E-state index contributed by atoms with van der Waals surface area (Å²) in [4.78, 5) is 21.7. The van der Waals surface area contributed by atoms with Crippen molar-refractivity contribution in [2.75, 3.05) is 48.5 Å². The van der Waals surface area contributed by atoms with E-state index in [2.05, 4.69) is 10.3 Å². The molecule has 3 heterocycles. The van der Waals surface area contributed by atoms with E-state index < -0.39 is 0 Å². The van der Waals surface area contributed by atoms with Gasteiger partial charge in [0.2, 0.25) is 0 Å². The van der Waals surface area contributed by atoms with Gasteiger partial charge in [-0.05, 0) is 61.7 Å². The van der Waals surface area contributed by atoms with Gasteiger partial charge in [0.25, 0.3) is 5.91 Å². The minimum atomic E-state index is -0.373. The maximum atomic E-state index is 15.0. The van der Waals surface area contributed by atoms with Crippen LogP contribution in [0.2, 0.25) is 0 Å². The summed E-state index contributed by atoms with van der Waals surface area (Å²) in [5.74, 6) is 0.561. The highest BCUT2D eigenvalue weighted by molar-refractivity contribution is 6.07. The molecule has 0 saturated carbocycles. The third-order valence-electron chi connectivity index (χ3n) is 6.52. The number of halogens is 1. The molecule has 8 heteroatoms. The molecule has 7 nitrogen and oxygen atoms in total. The van der Waals surface area contributed by atoms with Crippen molar-refractivity contribution in [3.8, 4) is 5.75 Å². The number of methoxy groups -OCH3 is 1. The normalized spacial score (nSPS) is 17.5. The number of benzene rings is 2. The van der Waals surface area contributed by atoms with Crippen LogP contribution in [0.3, 0.4) is 0 Å². The quantitative estimate of drug-likeness (QED) is 0.564. The minimum absolute atomic E-state index is 0.0986. The van der Waals surface area contributed by atoms with Crippen LogP contribution in [0.1, 0.15) is 28.8 Å². The summed E-state index contributed by atoms with van der Waals surface area (Å²) in [7, 11) is 1.69. The molecular weight excluding hydrogens is 447 g/mol. The molecule has 1 atom stereocenters. The van der Waals surface area contributed by atoms with Gasteiger partial charge in [-0.15, -0.1) is 0 Å². The highest BCUT2D eigenvalue weighted by Crippen LogP contribution is 2.39. The number of hydrogen-bond acceptors (Lipinski definition) is 6. The number of rotatable bonds is 5. The lowest BCUT2D eigenvalue weighted by atomic mass is 10.1. The molecule has 5 rings (SSSR count). The number of carbonyl (C=O) groups is 1. The predicted molar refractivity (Wildman–Crippen MR) is 135 cm³/mol. The number of piperidine rings is 1. The zero-order valence-corrected chi connectivity index (χ0v) is 20.0. The Balaban J connectivity index is 1.36. The SMILES string of the molecule is COC1CCCN(c2ccc(NC(=O)c3cccc4c3OCCN4c3ccc(C)cn3)cc2F)C1. The fourth-order valence-corrected chi connectivity index (χ4v) is 4.67. The van der Waals surface area contributed by atoms with Crippen molar-refractivity contribution in [3.05, 3.63) is 71.7 Å². The number of nitrogens with one attached hydrogen (secondary N) is 1. The Kier molecular flexibility index (Phi) is 6.55. The van der Waals surface area contributed by atoms with Gasteiger partial charge in [0.1, 0.15) is 18.2 Å². The fraction of sp³-hybridized carbons (Fsp3) is 0.333. The summed E-state index contributed by atoms with van der Waals surface area (Å²) in [6.07, 6.45) is 3.84. The molecule has 2 aliphatic heterocycles. The lowest BCUT2D eigenvalue weighted by Gasteiger charge is -2.33. The van der Waals surface area contributed by atoms with E-state index in [0.29, 0.717) is 42.4 Å². The number of aryl methyl sites for hydroxylation is 1. The number of amides is 1. The summed E-state index contributed by atoms with van der Waals surface area (Å²) in [6.45, 7) is 4.47. The highest BCUT2D eigenvalue weighted by atomic mass is 19.1. The van der Waals surface area contributed by atoms with Crippen molar-refractivity contribution < 1.29 is 18.7 Å². The van der Waals surface area contributed by atoms with Gasteiger partial charge in [-0.1, -0.05) is 12.1 Å². The first-order valence-electron chi connectivity index (χ1n) is 11.9. The largest absolute Gasteiger partial charge is 0.489 e. The van der Waals surface area contributed by atoms with Gasteiger partial charge in [-0.25, -0.2) is 9.37 Å². The second-order valence-corrected chi connectivity index (χ2v) is 8.91. The van der Waals surface area contributed by atoms with Gasteiger partial charge in [-0.2, -0.15) is 0 Å². The third kappa shape index (κ3) is 4.79. The van der Waals surface area contributed by atoms with Crippen molar-refractivity contribution in [3.63, 3.8) is 0 Å². The average molecular weight is 477 g/mol. The van der Waals surface area contributed by atoms with Crippen LogP contribution in [0.25, 0.3) is 0 Å². The van der Waals surface area contributed by atoms with Crippen molar-refractivity contribution in [1.29, 1.82) is 0 Å². The molecule has 0 aliphatic carbocycles. The summed E-state index contributed by atoms with van der Waals surface area (Å²) >= 11 is 0. The number of carbonyl (C=O) groups excluding carboxylic acids is 1. The highest BCUT2D eigenvalue weighted by Gasteiger charge is 2.26. The van der Waals surface area contributed by atoms with Gasteiger partial charge in [0.15, 0.2) is 5.75 Å². The summed E-state index contributed by atoms with van der Waals surface area (Å²) < 4.78 is 26.4. The predicted octanol–water partition coefficient (Wildman–Crippen LogP) is 4.93. The van der Waals surface area contributed by atoms with E-state index in [1.54, 1.807) is 25.3 Å². The smallest absolute Gasteiger partial charge is 0.259 e. The molecule has 2 aliphatic rings. The summed E-state index contributed by atoms with van der Waals surface area (Å²) in [5, 5.41) is 2.83. The number of pyridine rings is 1. The van der Waals surface area contributed by atoms with E-state index in [0.717, 1.165) is 36.5 Å². The van der Waals surface area contributed by atoms with Crippen LogP contribution < -0.4 is 19.9 Å². The molecule has 0 radical (unpaired) electrons. The maximum Gasteiger partial charge on any atom is 0.259 e. The van der Waals surface area contributed by atoms with E-state index in [4.69, 9.17) is 9.47 Å². The number of aromatic nitrogens is 1. The van der Waals surface area contributed by atoms with Crippen LogP contribution >= 0.6 is 0 Å². The van der Waals surface area contributed by atoms with Gasteiger partial charge in [-0.3, -0.25) is 4.79 Å².